The predicted molar refractivity (Wildman–Crippen MR) is 208 cm³/mol. The Kier molecular flexibility index (Phi) is 13.7. The molecule has 1 aliphatic heterocycles. The molecule has 3 amide bonds. The summed E-state index contributed by atoms with van der Waals surface area (Å²) in [5, 5.41) is 3.44. The van der Waals surface area contributed by atoms with Crippen molar-refractivity contribution in [2.75, 3.05) is 19.8 Å². The normalized spacial score (nSPS) is 31.8. The molecule has 0 aromatic carbocycles. The number of rotatable bonds is 17. The van der Waals surface area contributed by atoms with Gasteiger partial charge in [-0.3, -0.25) is 9.59 Å². The van der Waals surface area contributed by atoms with Gasteiger partial charge in [0, 0.05) is 25.8 Å². The molecule has 306 valence electrons. The molecule has 1 heterocycles. The lowest BCUT2D eigenvalue weighted by Gasteiger charge is -2.58. The minimum absolute atomic E-state index is 0.0515. The first-order valence-corrected chi connectivity index (χ1v) is 21.3. The van der Waals surface area contributed by atoms with Crippen LogP contribution >= 0.6 is 0 Å². The standard InChI is InChI=1S/C44H72N2O8/c1-29(2)11-10-12-30(3)34-15-16-35-33-14-13-31-27-32(19-21-43(31,8)36(33)20-22-44(34,35)9)53-40(50)45-24-26-52-41(4,5)23-25-51-42(6,7)28-39(49)54-46-37(47)17-18-38(46)48/h13,29-30,32-36H,10-12,14-28H2,1-9H3,(H,45,50)/t30?,32-,33?,34?,35?,36?,43-,44+/m0/s1. The van der Waals surface area contributed by atoms with Crippen LogP contribution in [0.4, 0.5) is 4.79 Å². The van der Waals surface area contributed by atoms with Crippen LogP contribution in [0.15, 0.2) is 11.6 Å². The SMILES string of the molecule is CC(C)CCCC(C)C1CCC2C3CC=C4C[C@@H](OC(=O)NCCOC(C)(C)CCOC(C)(C)CC(=O)ON5C(=O)CCC5=O)CC[C@]4(C)C3CC[C@]12C. The summed E-state index contributed by atoms with van der Waals surface area (Å²) in [6.45, 7) is 20.8. The van der Waals surface area contributed by atoms with Crippen LogP contribution in [0.3, 0.4) is 0 Å². The zero-order valence-electron chi connectivity index (χ0n) is 35.1. The van der Waals surface area contributed by atoms with E-state index < -0.39 is 29.0 Å². The Morgan fingerprint density at radius 1 is 0.907 bits per heavy atom. The van der Waals surface area contributed by atoms with Gasteiger partial charge in [0.25, 0.3) is 11.8 Å². The lowest BCUT2D eigenvalue weighted by atomic mass is 9.47. The van der Waals surface area contributed by atoms with Crippen molar-refractivity contribution in [3.63, 3.8) is 0 Å². The summed E-state index contributed by atoms with van der Waals surface area (Å²) in [5.74, 6) is 3.15. The monoisotopic (exact) mass is 757 g/mol. The minimum Gasteiger partial charge on any atom is -0.446 e. The van der Waals surface area contributed by atoms with Crippen molar-refractivity contribution in [2.24, 2.45) is 46.3 Å². The van der Waals surface area contributed by atoms with E-state index in [0.717, 1.165) is 54.8 Å². The van der Waals surface area contributed by atoms with Crippen molar-refractivity contribution >= 4 is 23.9 Å². The molecule has 0 bridgehead atoms. The van der Waals surface area contributed by atoms with Gasteiger partial charge in [0.15, 0.2) is 0 Å². The second kappa shape index (κ2) is 17.4. The van der Waals surface area contributed by atoms with E-state index in [9.17, 15) is 19.2 Å². The zero-order chi connectivity index (χ0) is 39.5. The molecule has 10 nitrogen and oxygen atoms in total. The second-order valence-corrected chi connectivity index (χ2v) is 19.7. The molecule has 3 saturated carbocycles. The number of fused-ring (bicyclic) bond motifs is 5. The Bertz CT molecular complexity index is 1370. The van der Waals surface area contributed by atoms with E-state index in [2.05, 4.69) is 46.0 Å². The molecule has 5 aliphatic rings. The van der Waals surface area contributed by atoms with Gasteiger partial charge in [-0.25, -0.2) is 9.59 Å². The molecule has 0 aromatic rings. The highest BCUT2D eigenvalue weighted by atomic mass is 16.7. The van der Waals surface area contributed by atoms with Crippen LogP contribution in [-0.4, -0.2) is 66.0 Å². The van der Waals surface area contributed by atoms with E-state index in [0.29, 0.717) is 36.7 Å². The molecular weight excluding hydrogens is 684 g/mol. The number of ether oxygens (including phenoxy) is 3. The highest BCUT2D eigenvalue weighted by molar-refractivity contribution is 6.01. The lowest BCUT2D eigenvalue weighted by Crippen LogP contribution is -2.51. The van der Waals surface area contributed by atoms with Crippen LogP contribution in [0.5, 0.6) is 0 Å². The Morgan fingerprint density at radius 3 is 2.31 bits per heavy atom. The first kappa shape index (κ1) is 42.7. The van der Waals surface area contributed by atoms with Crippen LogP contribution in [0, 0.1) is 46.3 Å². The third-order valence-corrected chi connectivity index (χ3v) is 14.4. The van der Waals surface area contributed by atoms with E-state index in [1.807, 2.05) is 13.8 Å². The average Bonchev–Trinajstić information content (AvgIpc) is 3.60. The minimum atomic E-state index is -0.862. The van der Waals surface area contributed by atoms with Crippen molar-refractivity contribution < 1.29 is 38.2 Å². The number of hydrogen-bond donors (Lipinski definition) is 1. The summed E-state index contributed by atoms with van der Waals surface area (Å²) >= 11 is 0. The van der Waals surface area contributed by atoms with Gasteiger partial charge in [-0.1, -0.05) is 65.5 Å². The number of carbonyl (C=O) groups excluding carboxylic acids is 4. The molecule has 5 unspecified atom stereocenters. The molecule has 54 heavy (non-hydrogen) atoms. The van der Waals surface area contributed by atoms with E-state index >= 15 is 0 Å². The summed E-state index contributed by atoms with van der Waals surface area (Å²) in [5.41, 5.74) is 0.840. The maximum atomic E-state index is 12.9. The summed E-state index contributed by atoms with van der Waals surface area (Å²) < 4.78 is 18.0. The fourth-order valence-corrected chi connectivity index (χ4v) is 11.3. The molecule has 0 spiro atoms. The molecule has 4 fully saturated rings. The van der Waals surface area contributed by atoms with Crippen molar-refractivity contribution in [3.8, 4) is 0 Å². The van der Waals surface area contributed by atoms with Gasteiger partial charge in [-0.2, -0.15) is 0 Å². The van der Waals surface area contributed by atoms with Gasteiger partial charge in [-0.05, 0) is 125 Å². The summed E-state index contributed by atoms with van der Waals surface area (Å²) in [6.07, 6.45) is 16.3. The van der Waals surface area contributed by atoms with Crippen molar-refractivity contribution in [1.29, 1.82) is 0 Å². The third-order valence-electron chi connectivity index (χ3n) is 14.4. The maximum Gasteiger partial charge on any atom is 0.407 e. The molecule has 1 N–H and O–H groups in total. The second-order valence-electron chi connectivity index (χ2n) is 19.7. The molecule has 8 atom stereocenters. The van der Waals surface area contributed by atoms with Crippen molar-refractivity contribution in [2.45, 2.75) is 176 Å². The number of hydrogen-bond acceptors (Lipinski definition) is 8. The van der Waals surface area contributed by atoms with Crippen LogP contribution in [0.2, 0.25) is 0 Å². The van der Waals surface area contributed by atoms with Crippen LogP contribution < -0.4 is 5.32 Å². The van der Waals surface area contributed by atoms with E-state index in [1.54, 1.807) is 13.8 Å². The number of alkyl carbamates (subject to hydrolysis) is 1. The molecule has 4 aliphatic carbocycles. The molecular formula is C44H72N2O8. The van der Waals surface area contributed by atoms with Gasteiger partial charge in [0.05, 0.1) is 30.8 Å². The predicted octanol–water partition coefficient (Wildman–Crippen LogP) is 9.10. The Hall–Kier alpha value is -2.46. The average molecular weight is 757 g/mol. The zero-order valence-corrected chi connectivity index (χ0v) is 35.1. The van der Waals surface area contributed by atoms with Gasteiger partial charge >= 0.3 is 12.1 Å². The van der Waals surface area contributed by atoms with Crippen LogP contribution in [0.1, 0.15) is 159 Å². The Labute approximate surface area is 325 Å². The number of hydroxylamine groups is 2. The van der Waals surface area contributed by atoms with E-state index in [1.165, 1.54) is 56.9 Å². The number of nitrogens with zero attached hydrogens (tertiary/aromatic N) is 1. The summed E-state index contributed by atoms with van der Waals surface area (Å²) in [6, 6.07) is 0. The molecule has 1 saturated heterocycles. The molecule has 0 aromatic heterocycles. The lowest BCUT2D eigenvalue weighted by molar-refractivity contribution is -0.201. The largest absolute Gasteiger partial charge is 0.446 e. The molecule has 5 rings (SSSR count). The first-order valence-electron chi connectivity index (χ1n) is 21.3. The number of imide groups is 1. The highest BCUT2D eigenvalue weighted by Crippen LogP contribution is 2.67. The number of carbonyl (C=O) groups is 4. The fourth-order valence-electron chi connectivity index (χ4n) is 11.3. The van der Waals surface area contributed by atoms with Gasteiger partial charge < -0.3 is 24.4 Å². The number of nitrogens with one attached hydrogen (secondary N) is 1. The van der Waals surface area contributed by atoms with Gasteiger partial charge in [0.1, 0.15) is 6.10 Å². The smallest absolute Gasteiger partial charge is 0.407 e. The van der Waals surface area contributed by atoms with Crippen molar-refractivity contribution in [1.82, 2.24) is 10.4 Å². The number of allylic oxidation sites excluding steroid dienone is 1. The van der Waals surface area contributed by atoms with Gasteiger partial charge in [0.2, 0.25) is 0 Å². The van der Waals surface area contributed by atoms with Crippen molar-refractivity contribution in [3.05, 3.63) is 11.6 Å². The van der Waals surface area contributed by atoms with Crippen LogP contribution in [0.25, 0.3) is 0 Å². The Morgan fingerprint density at radius 2 is 1.61 bits per heavy atom. The topological polar surface area (TPSA) is 120 Å². The maximum absolute atomic E-state index is 12.9. The summed E-state index contributed by atoms with van der Waals surface area (Å²) in [7, 11) is 0. The van der Waals surface area contributed by atoms with Crippen LogP contribution in [-0.2, 0) is 33.4 Å². The number of amides is 3. The highest BCUT2D eigenvalue weighted by Gasteiger charge is 2.59. The Balaban J connectivity index is 1.00. The third kappa shape index (κ3) is 10.1. The van der Waals surface area contributed by atoms with E-state index in [-0.39, 0.29) is 36.9 Å². The summed E-state index contributed by atoms with van der Waals surface area (Å²) in [4.78, 5) is 53.6. The quantitative estimate of drug-likeness (QED) is 0.0887. The van der Waals surface area contributed by atoms with Gasteiger partial charge in [-0.15, -0.1) is 5.06 Å². The molecule has 10 heteroatoms. The molecule has 0 radical (unpaired) electrons. The van der Waals surface area contributed by atoms with E-state index in [4.69, 9.17) is 19.0 Å². The fraction of sp³-hybridized carbons (Fsp3) is 0.864. The first-order chi connectivity index (χ1) is 25.3.